The molecule has 0 aliphatic rings. The summed E-state index contributed by atoms with van der Waals surface area (Å²) in [7, 11) is 0. The molecule has 0 atom stereocenters. The average Bonchev–Trinajstić information content (AvgIpc) is 3.28. The number of benzene rings is 1. The summed E-state index contributed by atoms with van der Waals surface area (Å²) in [5.74, 6) is -0.154. The van der Waals surface area contributed by atoms with Crippen LogP contribution in [0.5, 0.6) is 0 Å². The molecule has 3 aromatic heterocycles. The highest BCUT2D eigenvalue weighted by atomic mass is 32.1. The van der Waals surface area contributed by atoms with Crippen molar-refractivity contribution in [2.45, 2.75) is 13.3 Å². The molecule has 24 heavy (non-hydrogen) atoms. The Morgan fingerprint density at radius 1 is 1.29 bits per heavy atom. The van der Waals surface area contributed by atoms with Gasteiger partial charge in [-0.1, -0.05) is 22.9 Å². The number of fused-ring (bicyclic) bond motifs is 1. The second kappa shape index (κ2) is 6.18. The molecule has 1 N–H and O–H groups in total. The topological polar surface area (TPSA) is 68.0 Å². The van der Waals surface area contributed by atoms with Crippen LogP contribution >= 0.6 is 22.7 Å². The molecule has 5 nitrogen and oxygen atoms in total. The Balaban J connectivity index is 1.49. The van der Waals surface area contributed by atoms with Crippen LogP contribution in [0.4, 0.5) is 5.13 Å². The maximum Gasteiger partial charge on any atom is 0.232 e. The second-order valence-electron chi connectivity index (χ2n) is 5.37. The molecule has 0 saturated carbocycles. The lowest BCUT2D eigenvalue weighted by molar-refractivity contribution is -0.115. The van der Waals surface area contributed by atoms with Gasteiger partial charge in [0.05, 0.1) is 17.0 Å². The molecule has 4 rings (SSSR count). The van der Waals surface area contributed by atoms with Crippen molar-refractivity contribution in [3.8, 4) is 10.6 Å². The van der Waals surface area contributed by atoms with E-state index in [1.807, 2.05) is 48.0 Å². The van der Waals surface area contributed by atoms with E-state index in [-0.39, 0.29) is 12.3 Å². The number of thiazole rings is 1. The smallest absolute Gasteiger partial charge is 0.232 e. The molecule has 4 aromatic rings. The number of hydrogen-bond acceptors (Lipinski definition) is 6. The van der Waals surface area contributed by atoms with Crippen LogP contribution in [0.15, 0.2) is 45.6 Å². The van der Waals surface area contributed by atoms with Crippen molar-refractivity contribution < 1.29 is 9.32 Å². The number of nitrogens with one attached hydrogen (secondary N) is 1. The van der Waals surface area contributed by atoms with Gasteiger partial charge in [-0.2, -0.15) is 0 Å². The fourth-order valence-electron chi connectivity index (χ4n) is 2.41. The Bertz CT molecular complexity index is 1000. The Morgan fingerprint density at radius 3 is 3.04 bits per heavy atom. The van der Waals surface area contributed by atoms with Crippen LogP contribution in [0.3, 0.4) is 0 Å². The van der Waals surface area contributed by atoms with E-state index in [1.165, 1.54) is 11.3 Å². The molecular weight excluding hydrogens is 342 g/mol. The van der Waals surface area contributed by atoms with Crippen LogP contribution in [-0.4, -0.2) is 16.0 Å². The first-order chi connectivity index (χ1) is 11.7. The first kappa shape index (κ1) is 15.0. The molecule has 0 aliphatic heterocycles. The van der Waals surface area contributed by atoms with Gasteiger partial charge in [0.2, 0.25) is 5.91 Å². The largest absolute Gasteiger partial charge is 0.356 e. The number of amides is 1. The number of rotatable bonds is 4. The van der Waals surface area contributed by atoms with E-state index in [1.54, 1.807) is 11.3 Å². The number of nitrogens with zero attached hydrogens (tertiary/aromatic N) is 2. The zero-order valence-corrected chi connectivity index (χ0v) is 14.4. The minimum absolute atomic E-state index is 0.154. The molecule has 0 bridgehead atoms. The minimum atomic E-state index is -0.154. The zero-order chi connectivity index (χ0) is 16.5. The molecule has 0 unspecified atom stereocenters. The fourth-order valence-corrected chi connectivity index (χ4v) is 3.90. The summed E-state index contributed by atoms with van der Waals surface area (Å²) in [5.41, 5.74) is 3.32. The van der Waals surface area contributed by atoms with E-state index in [0.717, 1.165) is 21.5 Å². The van der Waals surface area contributed by atoms with Crippen LogP contribution in [0.25, 0.3) is 21.5 Å². The van der Waals surface area contributed by atoms with Gasteiger partial charge in [0.25, 0.3) is 0 Å². The molecule has 3 heterocycles. The lowest BCUT2D eigenvalue weighted by atomic mass is 10.1. The van der Waals surface area contributed by atoms with Gasteiger partial charge >= 0.3 is 0 Å². The first-order valence-corrected chi connectivity index (χ1v) is 9.09. The van der Waals surface area contributed by atoms with Gasteiger partial charge in [-0.15, -0.1) is 22.7 Å². The standard InChI is InChI=1S/C17H13N3O2S2/c1-10-4-5-14-11(7-10)12(20-22-14)8-16(21)19-17-18-13(9-24-17)15-3-2-6-23-15/h2-7,9H,8H2,1H3,(H,18,19,21). The Hall–Kier alpha value is -2.51. The van der Waals surface area contributed by atoms with E-state index < -0.39 is 0 Å². The van der Waals surface area contributed by atoms with Crippen LogP contribution in [-0.2, 0) is 11.2 Å². The van der Waals surface area contributed by atoms with E-state index in [9.17, 15) is 4.79 Å². The summed E-state index contributed by atoms with van der Waals surface area (Å²) in [6, 6.07) is 9.80. The molecule has 1 amide bonds. The van der Waals surface area contributed by atoms with Crippen LogP contribution < -0.4 is 5.32 Å². The molecule has 0 aliphatic carbocycles. The SMILES string of the molecule is Cc1ccc2onc(CC(=O)Nc3nc(-c4cccs4)cs3)c2c1. The van der Waals surface area contributed by atoms with E-state index in [4.69, 9.17) is 4.52 Å². The lowest BCUT2D eigenvalue weighted by Crippen LogP contribution is -2.14. The predicted molar refractivity (Wildman–Crippen MR) is 96.5 cm³/mol. The maximum absolute atomic E-state index is 12.3. The Morgan fingerprint density at radius 2 is 2.21 bits per heavy atom. The molecule has 7 heteroatoms. The Labute approximate surface area is 145 Å². The number of hydrogen-bond donors (Lipinski definition) is 1. The molecule has 0 radical (unpaired) electrons. The van der Waals surface area contributed by atoms with Crippen LogP contribution in [0.2, 0.25) is 0 Å². The number of carbonyl (C=O) groups is 1. The molecule has 120 valence electrons. The predicted octanol–water partition coefficient (Wildman–Crippen LogP) is 4.50. The third-order valence-corrected chi connectivity index (χ3v) is 5.20. The monoisotopic (exact) mass is 355 g/mol. The second-order valence-corrected chi connectivity index (χ2v) is 7.17. The summed E-state index contributed by atoms with van der Waals surface area (Å²) >= 11 is 3.04. The summed E-state index contributed by atoms with van der Waals surface area (Å²) < 4.78 is 5.27. The summed E-state index contributed by atoms with van der Waals surface area (Å²) in [5, 5.41) is 12.3. The van der Waals surface area contributed by atoms with Gasteiger partial charge in [-0.05, 0) is 30.5 Å². The Kier molecular flexibility index (Phi) is 3.87. The minimum Gasteiger partial charge on any atom is -0.356 e. The zero-order valence-electron chi connectivity index (χ0n) is 12.8. The number of thiophene rings is 1. The number of carbonyl (C=O) groups excluding carboxylic acids is 1. The third kappa shape index (κ3) is 2.95. The van der Waals surface area contributed by atoms with E-state index in [0.29, 0.717) is 16.4 Å². The quantitative estimate of drug-likeness (QED) is 0.585. The fraction of sp³-hybridized carbons (Fsp3) is 0.118. The normalized spacial score (nSPS) is 11.0. The molecular formula is C17H13N3O2S2. The van der Waals surface area contributed by atoms with Gasteiger partial charge in [-0.3, -0.25) is 4.79 Å². The van der Waals surface area contributed by atoms with Gasteiger partial charge in [0.15, 0.2) is 10.7 Å². The summed E-state index contributed by atoms with van der Waals surface area (Å²) in [6.07, 6.45) is 0.157. The van der Waals surface area contributed by atoms with Gasteiger partial charge in [0, 0.05) is 10.8 Å². The third-order valence-electron chi connectivity index (χ3n) is 3.55. The molecule has 0 spiro atoms. The van der Waals surface area contributed by atoms with Gasteiger partial charge < -0.3 is 9.84 Å². The van der Waals surface area contributed by atoms with Crippen molar-refractivity contribution in [2.75, 3.05) is 5.32 Å². The van der Waals surface area contributed by atoms with Crippen molar-refractivity contribution in [2.24, 2.45) is 0 Å². The number of anilines is 1. The van der Waals surface area contributed by atoms with Crippen molar-refractivity contribution >= 4 is 44.7 Å². The van der Waals surface area contributed by atoms with Crippen molar-refractivity contribution in [3.63, 3.8) is 0 Å². The summed E-state index contributed by atoms with van der Waals surface area (Å²) in [6.45, 7) is 2.00. The van der Waals surface area contributed by atoms with Crippen LogP contribution in [0.1, 0.15) is 11.3 Å². The molecule has 1 aromatic carbocycles. The van der Waals surface area contributed by atoms with Crippen molar-refractivity contribution in [1.29, 1.82) is 0 Å². The van der Waals surface area contributed by atoms with E-state index >= 15 is 0 Å². The average molecular weight is 355 g/mol. The highest BCUT2D eigenvalue weighted by Gasteiger charge is 2.14. The van der Waals surface area contributed by atoms with Crippen molar-refractivity contribution in [3.05, 3.63) is 52.3 Å². The number of aromatic nitrogens is 2. The van der Waals surface area contributed by atoms with Gasteiger partial charge in [0.1, 0.15) is 5.69 Å². The first-order valence-electron chi connectivity index (χ1n) is 7.33. The molecule has 0 saturated heterocycles. The van der Waals surface area contributed by atoms with Crippen LogP contribution in [0, 0.1) is 6.92 Å². The lowest BCUT2D eigenvalue weighted by Gasteiger charge is -1.99. The highest BCUT2D eigenvalue weighted by Crippen LogP contribution is 2.28. The molecule has 0 fully saturated rings. The number of aryl methyl sites for hydroxylation is 1. The maximum atomic E-state index is 12.3. The highest BCUT2D eigenvalue weighted by molar-refractivity contribution is 7.16. The van der Waals surface area contributed by atoms with Crippen molar-refractivity contribution in [1.82, 2.24) is 10.1 Å². The van der Waals surface area contributed by atoms with Gasteiger partial charge in [-0.25, -0.2) is 4.98 Å². The van der Waals surface area contributed by atoms with E-state index in [2.05, 4.69) is 15.5 Å². The summed E-state index contributed by atoms with van der Waals surface area (Å²) in [4.78, 5) is 17.8.